The van der Waals surface area contributed by atoms with Crippen molar-refractivity contribution in [2.24, 2.45) is 10.7 Å². The topological polar surface area (TPSA) is 110 Å². The van der Waals surface area contributed by atoms with Gasteiger partial charge in [-0.1, -0.05) is 18.5 Å². The normalized spacial score (nSPS) is 26.3. The van der Waals surface area contributed by atoms with Gasteiger partial charge in [0, 0.05) is 22.8 Å². The average Bonchev–Trinajstić information content (AvgIpc) is 2.79. The lowest BCUT2D eigenvalue weighted by Crippen LogP contribution is -2.60. The maximum atomic E-state index is 15.1. The second-order valence-corrected chi connectivity index (χ2v) is 11.9. The van der Waals surface area contributed by atoms with Gasteiger partial charge in [-0.15, -0.1) is 0 Å². The third-order valence-corrected chi connectivity index (χ3v) is 10.2. The van der Waals surface area contributed by atoms with Gasteiger partial charge in [-0.25, -0.2) is 22.2 Å². The third-order valence-electron chi connectivity index (χ3n) is 6.87. The van der Waals surface area contributed by atoms with Crippen molar-refractivity contribution >= 4 is 49.7 Å². The number of hydrogen-bond acceptors (Lipinski definition) is 7. The maximum Gasteiger partial charge on any atom is 0.168 e. The van der Waals surface area contributed by atoms with Crippen LogP contribution in [-0.4, -0.2) is 34.2 Å². The molecule has 3 aromatic rings. The number of nitrogens with two attached hydrogens (primary N) is 1. The molecule has 0 saturated heterocycles. The van der Waals surface area contributed by atoms with Gasteiger partial charge in [0.2, 0.25) is 0 Å². The standard InChI is InChI=1S/C23H24ClF2N5O2S/c1-5-22(3)21(27)31-23(4,12(2)34(22,32)33)16-9-14(6-7-17(16)25)30-20-19-15(18(26)11-29-20)8-13(24)10-28-19/h6-12H,5H2,1-4H3,(H2,27,31)(H,29,30)/t12?,22-,23+/m1/s1. The summed E-state index contributed by atoms with van der Waals surface area (Å²) in [6, 6.07) is 5.55. The summed E-state index contributed by atoms with van der Waals surface area (Å²) in [6.07, 6.45) is 2.64. The summed E-state index contributed by atoms with van der Waals surface area (Å²) >= 11 is 5.94. The summed E-state index contributed by atoms with van der Waals surface area (Å²) < 4.78 is 54.8. The van der Waals surface area contributed by atoms with Crippen LogP contribution in [0.15, 0.2) is 41.7 Å². The molecule has 0 saturated carbocycles. The molecule has 0 spiro atoms. The van der Waals surface area contributed by atoms with Gasteiger partial charge in [0.15, 0.2) is 21.5 Å². The van der Waals surface area contributed by atoms with Gasteiger partial charge < -0.3 is 11.1 Å². The SMILES string of the molecule is CC[C@]1(C)C(N)=N[C@](C)(c2cc(Nc3ncc(F)c4cc(Cl)cnc34)ccc2F)C(C)S1(=O)=O. The number of anilines is 2. The largest absolute Gasteiger partial charge is 0.386 e. The molecule has 4 rings (SSSR count). The lowest BCUT2D eigenvalue weighted by atomic mass is 9.87. The zero-order valence-electron chi connectivity index (χ0n) is 19.0. The fourth-order valence-electron chi connectivity index (χ4n) is 4.24. The van der Waals surface area contributed by atoms with E-state index in [0.29, 0.717) is 5.69 Å². The van der Waals surface area contributed by atoms with Crippen molar-refractivity contribution < 1.29 is 17.2 Å². The molecule has 2 aromatic heterocycles. The van der Waals surface area contributed by atoms with E-state index >= 15 is 4.39 Å². The van der Waals surface area contributed by atoms with E-state index in [0.717, 1.165) is 6.20 Å². The highest BCUT2D eigenvalue weighted by molar-refractivity contribution is 7.94. The Bertz CT molecular complexity index is 1450. The molecule has 7 nitrogen and oxygen atoms in total. The molecule has 34 heavy (non-hydrogen) atoms. The van der Waals surface area contributed by atoms with Crippen LogP contribution in [0.5, 0.6) is 0 Å². The van der Waals surface area contributed by atoms with E-state index in [1.54, 1.807) is 13.8 Å². The van der Waals surface area contributed by atoms with Gasteiger partial charge >= 0.3 is 0 Å². The summed E-state index contributed by atoms with van der Waals surface area (Å²) in [4.78, 5) is 12.7. The molecule has 0 fully saturated rings. The van der Waals surface area contributed by atoms with E-state index in [9.17, 15) is 12.8 Å². The van der Waals surface area contributed by atoms with Crippen molar-refractivity contribution in [2.75, 3.05) is 5.32 Å². The van der Waals surface area contributed by atoms with Crippen molar-refractivity contribution in [3.05, 3.63) is 58.9 Å². The number of sulfone groups is 1. The van der Waals surface area contributed by atoms with Crippen molar-refractivity contribution in [1.82, 2.24) is 9.97 Å². The first-order chi connectivity index (χ1) is 15.8. The summed E-state index contributed by atoms with van der Waals surface area (Å²) in [5.41, 5.74) is 5.35. The van der Waals surface area contributed by atoms with Gasteiger partial charge in [0.25, 0.3) is 0 Å². The van der Waals surface area contributed by atoms with Crippen molar-refractivity contribution in [3.8, 4) is 0 Å². The number of pyridine rings is 2. The van der Waals surface area contributed by atoms with E-state index in [-0.39, 0.29) is 39.6 Å². The molecular weight excluding hydrogens is 484 g/mol. The monoisotopic (exact) mass is 507 g/mol. The van der Waals surface area contributed by atoms with Gasteiger partial charge in [0.05, 0.1) is 16.5 Å². The number of nitrogens with one attached hydrogen (secondary N) is 1. The Morgan fingerprint density at radius 1 is 1.15 bits per heavy atom. The molecule has 1 aliphatic rings. The summed E-state index contributed by atoms with van der Waals surface area (Å²) in [6.45, 7) is 6.33. The molecule has 1 aliphatic heterocycles. The minimum atomic E-state index is -3.80. The number of amidine groups is 1. The van der Waals surface area contributed by atoms with E-state index < -0.39 is 37.0 Å². The molecule has 3 atom stereocenters. The van der Waals surface area contributed by atoms with Crippen LogP contribution < -0.4 is 11.1 Å². The predicted molar refractivity (Wildman–Crippen MR) is 130 cm³/mol. The van der Waals surface area contributed by atoms with E-state index in [1.807, 2.05) is 0 Å². The van der Waals surface area contributed by atoms with E-state index in [1.165, 1.54) is 44.3 Å². The predicted octanol–water partition coefficient (Wildman–Crippen LogP) is 4.86. The van der Waals surface area contributed by atoms with Gasteiger partial charge in [-0.05, 0) is 51.5 Å². The molecular formula is C23H24ClF2N5O2S. The summed E-state index contributed by atoms with van der Waals surface area (Å²) in [5.74, 6) is -1.05. The lowest BCUT2D eigenvalue weighted by molar-refractivity contribution is 0.417. The zero-order valence-corrected chi connectivity index (χ0v) is 20.6. The highest BCUT2D eigenvalue weighted by Crippen LogP contribution is 2.44. The van der Waals surface area contributed by atoms with Crippen molar-refractivity contribution in [2.45, 2.75) is 49.7 Å². The molecule has 3 N–H and O–H groups in total. The first kappa shape index (κ1) is 24.3. The molecule has 1 unspecified atom stereocenters. The van der Waals surface area contributed by atoms with Gasteiger partial charge in [-0.3, -0.25) is 9.98 Å². The van der Waals surface area contributed by atoms with Crippen LogP contribution in [0.25, 0.3) is 10.9 Å². The highest BCUT2D eigenvalue weighted by atomic mass is 35.5. The fraction of sp³-hybridized carbons (Fsp3) is 0.348. The van der Waals surface area contributed by atoms with Gasteiger partial charge in [-0.2, -0.15) is 0 Å². The molecule has 0 radical (unpaired) electrons. The van der Waals surface area contributed by atoms with Crippen LogP contribution in [0.3, 0.4) is 0 Å². The zero-order chi connectivity index (χ0) is 25.1. The maximum absolute atomic E-state index is 15.1. The molecule has 0 bridgehead atoms. The van der Waals surface area contributed by atoms with Crippen LogP contribution in [0.4, 0.5) is 20.3 Å². The Balaban J connectivity index is 1.83. The third kappa shape index (κ3) is 3.51. The Labute approximate surface area is 201 Å². The number of nitrogens with zero attached hydrogens (tertiary/aromatic N) is 3. The lowest BCUT2D eigenvalue weighted by Gasteiger charge is -2.44. The number of benzene rings is 1. The van der Waals surface area contributed by atoms with Crippen LogP contribution in [0.2, 0.25) is 5.02 Å². The molecule has 11 heteroatoms. The Kier molecular flexibility index (Phi) is 5.80. The number of fused-ring (bicyclic) bond motifs is 1. The number of hydrogen-bond donors (Lipinski definition) is 2. The van der Waals surface area contributed by atoms with Crippen LogP contribution in [-0.2, 0) is 15.4 Å². The quantitative estimate of drug-likeness (QED) is 0.521. The minimum absolute atomic E-state index is 0.0529. The molecule has 0 aliphatic carbocycles. The smallest absolute Gasteiger partial charge is 0.168 e. The number of aromatic nitrogens is 2. The number of halogens is 3. The van der Waals surface area contributed by atoms with Crippen molar-refractivity contribution in [1.29, 1.82) is 0 Å². The fourth-order valence-corrected chi connectivity index (χ4v) is 6.70. The van der Waals surface area contributed by atoms with E-state index in [4.69, 9.17) is 17.3 Å². The Morgan fingerprint density at radius 2 is 1.85 bits per heavy atom. The molecule has 180 valence electrons. The second kappa shape index (κ2) is 8.13. The minimum Gasteiger partial charge on any atom is -0.386 e. The molecule has 0 amide bonds. The Morgan fingerprint density at radius 3 is 2.53 bits per heavy atom. The highest BCUT2D eigenvalue weighted by Gasteiger charge is 2.56. The number of aliphatic imine (C=N–C) groups is 1. The second-order valence-electron chi connectivity index (χ2n) is 8.74. The van der Waals surface area contributed by atoms with Crippen molar-refractivity contribution in [3.63, 3.8) is 0 Å². The first-order valence-corrected chi connectivity index (χ1v) is 12.5. The van der Waals surface area contributed by atoms with Crippen LogP contribution in [0, 0.1) is 11.6 Å². The van der Waals surface area contributed by atoms with Gasteiger partial charge in [0.1, 0.15) is 27.5 Å². The number of rotatable bonds is 4. The van der Waals surface area contributed by atoms with Crippen LogP contribution >= 0.6 is 11.6 Å². The summed E-state index contributed by atoms with van der Waals surface area (Å²) in [7, 11) is -3.80. The molecule has 3 heterocycles. The molecule has 1 aromatic carbocycles. The Hall–Kier alpha value is -2.85. The van der Waals surface area contributed by atoms with E-state index in [2.05, 4.69) is 20.3 Å². The first-order valence-electron chi connectivity index (χ1n) is 10.6. The average molecular weight is 508 g/mol. The summed E-state index contributed by atoms with van der Waals surface area (Å²) in [5, 5.41) is 2.40. The van der Waals surface area contributed by atoms with Crippen LogP contribution in [0.1, 0.15) is 39.7 Å².